The van der Waals surface area contributed by atoms with Crippen LogP contribution in [-0.2, 0) is 19.6 Å². The highest BCUT2D eigenvalue weighted by atomic mass is 32.2. The Kier molecular flexibility index (Phi) is 7.15. The van der Waals surface area contributed by atoms with E-state index in [2.05, 4.69) is 15.4 Å². The fourth-order valence-corrected chi connectivity index (χ4v) is 8.28. The van der Waals surface area contributed by atoms with Crippen molar-refractivity contribution in [3.05, 3.63) is 71.9 Å². The van der Waals surface area contributed by atoms with E-state index in [9.17, 15) is 22.4 Å². The second-order valence-electron chi connectivity index (χ2n) is 11.8. The quantitative estimate of drug-likeness (QED) is 0.185. The van der Waals surface area contributed by atoms with Gasteiger partial charge in [-0.1, -0.05) is 17.7 Å². The minimum Gasteiger partial charge on any atom is -0.466 e. The number of esters is 1. The molecule has 0 unspecified atom stereocenters. The van der Waals surface area contributed by atoms with Crippen molar-refractivity contribution in [2.45, 2.75) is 50.5 Å². The lowest BCUT2D eigenvalue weighted by Gasteiger charge is -2.47. The van der Waals surface area contributed by atoms with Crippen LogP contribution in [0.2, 0.25) is 0 Å². The molecule has 1 N–H and O–H groups in total. The molecule has 3 fully saturated rings. The van der Waals surface area contributed by atoms with Crippen LogP contribution in [0, 0.1) is 30.5 Å². The third-order valence-corrected chi connectivity index (χ3v) is 10.8. The van der Waals surface area contributed by atoms with Crippen LogP contribution in [0.4, 0.5) is 10.2 Å². The Morgan fingerprint density at radius 3 is 2.56 bits per heavy atom. The summed E-state index contributed by atoms with van der Waals surface area (Å²) in [5.74, 6) is -0.470. The number of benzene rings is 1. The van der Waals surface area contributed by atoms with Crippen molar-refractivity contribution in [1.82, 2.24) is 23.6 Å². The van der Waals surface area contributed by atoms with Crippen LogP contribution in [0.5, 0.6) is 0 Å². The second-order valence-corrected chi connectivity index (χ2v) is 13.6. The average molecular weight is 631 g/mol. The number of carbonyl (C=O) groups excluding carboxylic acids is 2. The summed E-state index contributed by atoms with van der Waals surface area (Å²) in [5, 5.41) is 8.30. The van der Waals surface area contributed by atoms with Gasteiger partial charge < -0.3 is 10.1 Å². The van der Waals surface area contributed by atoms with Gasteiger partial charge in [-0.15, -0.1) is 5.10 Å². The Hall–Kier alpha value is -4.65. The molecule has 232 valence electrons. The van der Waals surface area contributed by atoms with Gasteiger partial charge in [-0.25, -0.2) is 31.3 Å². The maximum atomic E-state index is 14.6. The van der Waals surface area contributed by atoms with Crippen molar-refractivity contribution in [1.29, 1.82) is 0 Å². The van der Waals surface area contributed by atoms with Crippen molar-refractivity contribution < 1.29 is 27.1 Å². The van der Waals surface area contributed by atoms with Gasteiger partial charge in [0.05, 0.1) is 23.6 Å². The highest BCUT2D eigenvalue weighted by molar-refractivity contribution is 7.90. The van der Waals surface area contributed by atoms with E-state index in [0.717, 1.165) is 41.4 Å². The summed E-state index contributed by atoms with van der Waals surface area (Å²) in [6, 6.07) is 10.6. The summed E-state index contributed by atoms with van der Waals surface area (Å²) < 4.78 is 50.1. The number of nitrogens with zero attached hydrogens (tertiary/aromatic N) is 5. The first-order valence-corrected chi connectivity index (χ1v) is 16.4. The van der Waals surface area contributed by atoms with Gasteiger partial charge in [-0.3, -0.25) is 9.59 Å². The van der Waals surface area contributed by atoms with Crippen LogP contribution in [-0.4, -0.2) is 56.9 Å². The van der Waals surface area contributed by atoms with E-state index >= 15 is 0 Å². The van der Waals surface area contributed by atoms with Crippen LogP contribution in [0.15, 0.2) is 59.8 Å². The van der Waals surface area contributed by atoms with Crippen LogP contribution in [0.25, 0.3) is 27.9 Å². The van der Waals surface area contributed by atoms with Gasteiger partial charge in [-0.05, 0) is 81.7 Å². The van der Waals surface area contributed by atoms with E-state index in [1.54, 1.807) is 31.2 Å². The lowest BCUT2D eigenvalue weighted by atomic mass is 9.61. The second kappa shape index (κ2) is 11.1. The number of aryl methyl sites for hydroxylation is 1. The maximum Gasteiger partial charge on any atom is 0.311 e. The topological polar surface area (TPSA) is 138 Å². The SMILES string of the molecule is CCOC(=O)[C@H]1C2CCC(CC2)[C@@H]1Nc1nc(-c2cn(S(=O)(=O)c3ccc(C)cc3)c3ncc(F)cc23)nn2c(C=O)ccc12. The predicted molar refractivity (Wildman–Crippen MR) is 164 cm³/mol. The summed E-state index contributed by atoms with van der Waals surface area (Å²) in [6.07, 6.45) is 6.75. The number of anilines is 1. The number of hydrogen-bond acceptors (Lipinski definition) is 9. The predicted octanol–water partition coefficient (Wildman–Crippen LogP) is 5.02. The molecule has 4 heterocycles. The van der Waals surface area contributed by atoms with Gasteiger partial charge in [0.2, 0.25) is 0 Å². The van der Waals surface area contributed by atoms with Crippen LogP contribution in [0.1, 0.15) is 48.7 Å². The molecule has 45 heavy (non-hydrogen) atoms. The summed E-state index contributed by atoms with van der Waals surface area (Å²) in [7, 11) is -4.14. The van der Waals surface area contributed by atoms with E-state index in [0.29, 0.717) is 17.6 Å². The van der Waals surface area contributed by atoms with Gasteiger partial charge in [0.25, 0.3) is 10.0 Å². The largest absolute Gasteiger partial charge is 0.466 e. The number of fused-ring (bicyclic) bond motifs is 5. The molecule has 0 radical (unpaired) electrons. The minimum atomic E-state index is -4.14. The number of pyridine rings is 1. The number of aromatic nitrogens is 5. The molecule has 1 aromatic carbocycles. The standard InChI is InChI=1S/C32H31FN6O5S/c1-3-44-32(41)27-19-6-8-20(9-7-19)28(27)35-30-26-13-10-22(17-40)39(26)37-29(36-30)25-16-38(31-24(25)14-21(33)15-34-31)45(42,43)23-11-4-18(2)5-12-23/h4-5,10-17,19-20,27-28H,3,6-9H2,1-2H3,(H,35,36,37)/t19?,20?,27-,28-/m0/s1. The fraction of sp³-hybridized carbons (Fsp3) is 0.344. The van der Waals surface area contributed by atoms with Gasteiger partial charge >= 0.3 is 5.97 Å². The van der Waals surface area contributed by atoms with Gasteiger partial charge in [0.1, 0.15) is 17.0 Å². The van der Waals surface area contributed by atoms with E-state index in [-0.39, 0.29) is 69.4 Å². The molecular weight excluding hydrogens is 599 g/mol. The Morgan fingerprint density at radius 2 is 1.84 bits per heavy atom. The molecule has 3 aliphatic carbocycles. The summed E-state index contributed by atoms with van der Waals surface area (Å²) in [5.41, 5.74) is 1.84. The monoisotopic (exact) mass is 630 g/mol. The van der Waals surface area contributed by atoms with Crippen molar-refractivity contribution >= 4 is 44.6 Å². The number of halogens is 1. The average Bonchev–Trinajstić information content (AvgIpc) is 3.63. The molecule has 0 aliphatic heterocycles. The molecule has 2 bridgehead atoms. The first kappa shape index (κ1) is 29.1. The zero-order valence-electron chi connectivity index (χ0n) is 24.7. The van der Waals surface area contributed by atoms with Crippen LogP contribution in [0.3, 0.4) is 0 Å². The molecule has 0 amide bonds. The lowest BCUT2D eigenvalue weighted by molar-refractivity contribution is -0.154. The summed E-state index contributed by atoms with van der Waals surface area (Å²) in [4.78, 5) is 34.2. The first-order valence-electron chi connectivity index (χ1n) is 15.0. The summed E-state index contributed by atoms with van der Waals surface area (Å²) >= 11 is 0. The van der Waals surface area contributed by atoms with Gasteiger partial charge in [0.15, 0.2) is 23.6 Å². The lowest BCUT2D eigenvalue weighted by Crippen LogP contribution is -2.52. The highest BCUT2D eigenvalue weighted by Gasteiger charge is 2.48. The fourth-order valence-electron chi connectivity index (χ4n) is 6.96. The van der Waals surface area contributed by atoms with E-state index in [1.165, 1.54) is 28.9 Å². The highest BCUT2D eigenvalue weighted by Crippen LogP contribution is 2.47. The number of carbonyl (C=O) groups is 2. The zero-order valence-corrected chi connectivity index (χ0v) is 25.5. The van der Waals surface area contributed by atoms with Crippen LogP contribution >= 0.6 is 0 Å². The molecular formula is C32H31FN6O5S. The Balaban J connectivity index is 1.40. The Bertz CT molecular complexity index is 2070. The molecule has 11 nitrogen and oxygen atoms in total. The Labute approximate surface area is 258 Å². The van der Waals surface area contributed by atoms with Crippen LogP contribution < -0.4 is 5.32 Å². The molecule has 0 spiro atoms. The molecule has 13 heteroatoms. The van der Waals surface area contributed by atoms with Crippen molar-refractivity contribution in [2.75, 3.05) is 11.9 Å². The van der Waals surface area contributed by atoms with Gasteiger partial charge in [-0.2, -0.15) is 0 Å². The Morgan fingerprint density at radius 1 is 1.11 bits per heavy atom. The van der Waals surface area contributed by atoms with E-state index in [1.807, 2.05) is 6.92 Å². The molecule has 0 saturated heterocycles. The molecule has 4 aromatic heterocycles. The number of ether oxygens (including phenoxy) is 1. The normalized spacial score (nSPS) is 21.3. The molecule has 3 aliphatic rings. The first-order chi connectivity index (χ1) is 21.7. The molecule has 5 aromatic rings. The van der Waals surface area contributed by atoms with Crippen molar-refractivity contribution in [3.63, 3.8) is 0 Å². The van der Waals surface area contributed by atoms with Gasteiger partial charge in [0, 0.05) is 23.2 Å². The van der Waals surface area contributed by atoms with Crippen molar-refractivity contribution in [3.8, 4) is 11.4 Å². The maximum absolute atomic E-state index is 14.6. The molecule has 8 rings (SSSR count). The van der Waals surface area contributed by atoms with E-state index in [4.69, 9.17) is 9.72 Å². The zero-order chi connectivity index (χ0) is 31.5. The van der Waals surface area contributed by atoms with E-state index < -0.39 is 15.8 Å². The smallest absolute Gasteiger partial charge is 0.311 e. The minimum absolute atomic E-state index is 0.000244. The van der Waals surface area contributed by atoms with Crippen molar-refractivity contribution in [2.24, 2.45) is 17.8 Å². The molecule has 3 saturated carbocycles. The third kappa shape index (κ3) is 4.85. The summed E-state index contributed by atoms with van der Waals surface area (Å²) in [6.45, 7) is 3.92. The molecule has 2 atom stereocenters. The third-order valence-electron chi connectivity index (χ3n) is 9.14. The number of hydrogen-bond donors (Lipinski definition) is 1. The number of rotatable bonds is 8. The number of aldehydes is 1. The number of nitrogens with one attached hydrogen (secondary N) is 1.